The van der Waals surface area contributed by atoms with Crippen LogP contribution in [0.2, 0.25) is 0 Å². The van der Waals surface area contributed by atoms with E-state index in [0.717, 1.165) is 0 Å². The van der Waals surface area contributed by atoms with Gasteiger partial charge in [0.2, 0.25) is 0 Å². The van der Waals surface area contributed by atoms with E-state index in [4.69, 9.17) is 0 Å². The molecule has 1 aliphatic rings. The molecule has 1 rings (SSSR count). The van der Waals surface area contributed by atoms with Gasteiger partial charge in [-0.05, 0) is 0 Å². The minimum atomic E-state index is -0.398. The first kappa shape index (κ1) is 7.66. The zero-order chi connectivity index (χ0) is 5.28. The molecular weight excluding hydrogens is 160 g/mol. The van der Waals surface area contributed by atoms with Gasteiger partial charge in [0.25, 0.3) is 0 Å². The van der Waals surface area contributed by atoms with Crippen molar-refractivity contribution >= 4 is 11.9 Å². The van der Waals surface area contributed by atoms with Crippen molar-refractivity contribution < 1.29 is 31.4 Å². The normalized spacial score (nSPS) is 17.5. The van der Waals surface area contributed by atoms with E-state index in [1.165, 1.54) is 0 Å². The van der Waals surface area contributed by atoms with Crippen LogP contribution >= 0.6 is 0 Å². The third-order valence-corrected chi connectivity index (χ3v) is 0.761. The van der Waals surface area contributed by atoms with Crippen molar-refractivity contribution in [1.82, 2.24) is 0 Å². The summed E-state index contributed by atoms with van der Waals surface area (Å²) >= 11 is 0. The summed E-state index contributed by atoms with van der Waals surface area (Å²) in [7, 11) is 0. The quantitative estimate of drug-likeness (QED) is 0.283. The number of cyclic esters (lactones) is 2. The van der Waals surface area contributed by atoms with Gasteiger partial charge in [-0.1, -0.05) is 0 Å². The van der Waals surface area contributed by atoms with E-state index >= 15 is 0 Å². The first-order chi connectivity index (χ1) is 3.29. The molecule has 1 heterocycles. The van der Waals surface area contributed by atoms with Crippen molar-refractivity contribution in [3.05, 3.63) is 0 Å². The molecule has 0 saturated carbocycles. The van der Waals surface area contributed by atoms with Crippen molar-refractivity contribution in [3.63, 3.8) is 0 Å². The van der Waals surface area contributed by atoms with Gasteiger partial charge in [-0.25, -0.2) is 0 Å². The zero-order valence-corrected chi connectivity index (χ0v) is 4.88. The molecule has 0 aromatic heterocycles. The first-order valence-electron chi connectivity index (χ1n) is 2.02. The van der Waals surface area contributed by atoms with Crippen LogP contribution in [0.1, 0.15) is 12.8 Å². The summed E-state index contributed by atoms with van der Waals surface area (Å²) in [6.45, 7) is 0. The zero-order valence-electron chi connectivity index (χ0n) is 3.94. The third kappa shape index (κ3) is 1.64. The Morgan fingerprint density at radius 2 is 1.50 bits per heavy atom. The fourth-order valence-electron chi connectivity index (χ4n) is 0.433. The third-order valence-electron chi connectivity index (χ3n) is 0.761. The van der Waals surface area contributed by atoms with Crippen molar-refractivity contribution in [2.75, 3.05) is 0 Å². The van der Waals surface area contributed by atoms with Crippen molar-refractivity contribution in [2.45, 2.75) is 12.8 Å². The van der Waals surface area contributed by atoms with Crippen LogP contribution in [0.3, 0.4) is 0 Å². The van der Waals surface area contributed by atoms with E-state index in [0.29, 0.717) is 0 Å². The fraction of sp³-hybridized carbons (Fsp3) is 0.500. The van der Waals surface area contributed by atoms with Gasteiger partial charge in [-0.2, -0.15) is 0 Å². The van der Waals surface area contributed by atoms with Crippen LogP contribution in [0, 0.1) is 0 Å². The SMILES string of the molecule is O=C1CCC(=O)O1.[Cu+]. The summed E-state index contributed by atoms with van der Waals surface area (Å²) < 4.78 is 4.08. The maximum Gasteiger partial charge on any atom is 1.00 e. The van der Waals surface area contributed by atoms with Gasteiger partial charge in [0.1, 0.15) is 0 Å². The Morgan fingerprint density at radius 1 is 1.12 bits per heavy atom. The van der Waals surface area contributed by atoms with Gasteiger partial charge in [-0.3, -0.25) is 9.59 Å². The molecule has 0 spiro atoms. The molecule has 0 atom stereocenters. The monoisotopic (exact) mass is 163 g/mol. The summed E-state index contributed by atoms with van der Waals surface area (Å²) in [5.41, 5.74) is 0. The predicted molar refractivity (Wildman–Crippen MR) is 20.3 cm³/mol. The number of carbonyl (C=O) groups is 2. The second-order valence-electron chi connectivity index (χ2n) is 1.35. The Bertz CT molecular complexity index is 106. The molecule has 0 aromatic carbocycles. The number of esters is 2. The first-order valence-corrected chi connectivity index (χ1v) is 2.02. The minimum absolute atomic E-state index is 0. The van der Waals surface area contributed by atoms with E-state index in [1.807, 2.05) is 0 Å². The van der Waals surface area contributed by atoms with Gasteiger partial charge in [0.15, 0.2) is 0 Å². The Morgan fingerprint density at radius 3 is 1.62 bits per heavy atom. The average molecular weight is 164 g/mol. The van der Waals surface area contributed by atoms with Gasteiger partial charge in [-0.15, -0.1) is 0 Å². The molecule has 0 bridgehead atoms. The van der Waals surface area contributed by atoms with Gasteiger partial charge < -0.3 is 4.74 Å². The molecule has 0 radical (unpaired) electrons. The Kier molecular flexibility index (Phi) is 2.72. The van der Waals surface area contributed by atoms with Gasteiger partial charge in [0, 0.05) is 0 Å². The van der Waals surface area contributed by atoms with Crippen LogP contribution in [0.25, 0.3) is 0 Å². The largest absolute Gasteiger partial charge is 1.00 e. The number of hydrogen-bond acceptors (Lipinski definition) is 3. The molecule has 48 valence electrons. The number of hydrogen-bond donors (Lipinski definition) is 0. The van der Waals surface area contributed by atoms with E-state index in [-0.39, 0.29) is 29.9 Å². The van der Waals surface area contributed by atoms with Crippen molar-refractivity contribution in [2.24, 2.45) is 0 Å². The van der Waals surface area contributed by atoms with Crippen LogP contribution in [-0.2, 0) is 31.4 Å². The summed E-state index contributed by atoms with van der Waals surface area (Å²) in [5, 5.41) is 0. The molecule has 0 aliphatic carbocycles. The fourth-order valence-corrected chi connectivity index (χ4v) is 0.433. The van der Waals surface area contributed by atoms with E-state index < -0.39 is 11.9 Å². The molecule has 0 amide bonds. The molecule has 3 nitrogen and oxygen atoms in total. The maximum absolute atomic E-state index is 10.0. The van der Waals surface area contributed by atoms with Crippen LogP contribution < -0.4 is 0 Å². The summed E-state index contributed by atoms with van der Waals surface area (Å²) in [5.74, 6) is -0.796. The average Bonchev–Trinajstić information content (AvgIpc) is 1.87. The second-order valence-corrected chi connectivity index (χ2v) is 1.35. The molecule has 0 aromatic rings. The number of rotatable bonds is 0. The maximum atomic E-state index is 10.0. The summed E-state index contributed by atoms with van der Waals surface area (Å²) in [6, 6.07) is 0. The smallest absolute Gasteiger partial charge is 0.393 e. The molecule has 0 unspecified atom stereocenters. The Labute approximate surface area is 56.9 Å². The number of ether oxygens (including phenoxy) is 1. The second kappa shape index (κ2) is 2.84. The Balaban J connectivity index is 0.000000490. The van der Waals surface area contributed by atoms with Crippen LogP contribution in [0.4, 0.5) is 0 Å². The van der Waals surface area contributed by atoms with E-state index in [2.05, 4.69) is 4.74 Å². The van der Waals surface area contributed by atoms with E-state index in [1.54, 1.807) is 0 Å². The van der Waals surface area contributed by atoms with Crippen molar-refractivity contribution in [1.29, 1.82) is 0 Å². The van der Waals surface area contributed by atoms with Gasteiger partial charge in [0.05, 0.1) is 12.8 Å². The molecule has 4 heteroatoms. The van der Waals surface area contributed by atoms with E-state index in [9.17, 15) is 9.59 Å². The molecule has 1 saturated heterocycles. The van der Waals surface area contributed by atoms with Gasteiger partial charge >= 0.3 is 29.0 Å². The standard InChI is InChI=1S/C4H4O3.Cu/c5-3-1-2-4(6)7-3;/h1-2H2;/q;+1. The van der Waals surface area contributed by atoms with Crippen LogP contribution in [-0.4, -0.2) is 11.9 Å². The van der Waals surface area contributed by atoms with Crippen LogP contribution in [0.5, 0.6) is 0 Å². The predicted octanol–water partition coefficient (Wildman–Crippen LogP) is -0.152. The molecule has 1 aliphatic heterocycles. The molecule has 8 heavy (non-hydrogen) atoms. The van der Waals surface area contributed by atoms with Crippen molar-refractivity contribution in [3.8, 4) is 0 Å². The molecule has 0 N–H and O–H groups in total. The minimum Gasteiger partial charge on any atom is -0.393 e. The number of carbonyl (C=O) groups excluding carboxylic acids is 2. The van der Waals surface area contributed by atoms with Crippen LogP contribution in [0.15, 0.2) is 0 Å². The molecular formula is C4H4CuO3+. The molecule has 1 fully saturated rings. The summed E-state index contributed by atoms with van der Waals surface area (Å²) in [6.07, 6.45) is 0.525. The Hall–Kier alpha value is -0.341. The summed E-state index contributed by atoms with van der Waals surface area (Å²) in [4.78, 5) is 20.0. The topological polar surface area (TPSA) is 43.4 Å².